The minimum atomic E-state index is -3.88. The molecule has 1 unspecified atom stereocenters. The van der Waals surface area contributed by atoms with E-state index in [2.05, 4.69) is 45.5 Å². The number of amides is 5. The molecule has 0 bridgehead atoms. The molecule has 4 heterocycles. The minimum Gasteiger partial charge on any atom is -0.388 e. The lowest BCUT2D eigenvalue weighted by Gasteiger charge is -2.24. The number of nitrogens with one attached hydrogen (secondary N) is 4. The Labute approximate surface area is 333 Å². The number of sulfonamides is 1. The van der Waals surface area contributed by atoms with Crippen LogP contribution in [0.5, 0.6) is 0 Å². The van der Waals surface area contributed by atoms with Crippen molar-refractivity contribution in [1.82, 2.24) is 35.1 Å². The van der Waals surface area contributed by atoms with Crippen molar-refractivity contribution in [1.29, 1.82) is 0 Å². The van der Waals surface area contributed by atoms with E-state index >= 15 is 0 Å². The van der Waals surface area contributed by atoms with E-state index in [4.69, 9.17) is 20.1 Å². The van der Waals surface area contributed by atoms with Crippen LogP contribution >= 0.6 is 0 Å². The molecule has 302 valence electrons. The Morgan fingerprint density at radius 3 is 2.22 bits per heavy atom. The highest BCUT2D eigenvalue weighted by Gasteiger charge is 2.51. The van der Waals surface area contributed by atoms with Gasteiger partial charge in [-0.05, 0) is 55.2 Å². The molecule has 8 rings (SSSR count). The monoisotopic (exact) mass is 809 g/mol. The van der Waals surface area contributed by atoms with Gasteiger partial charge in [-0.25, -0.2) is 28.1 Å². The summed E-state index contributed by atoms with van der Waals surface area (Å²) >= 11 is 0. The fraction of sp³-hybridized carbons (Fsp3) is 0.333. The second-order valence-electron chi connectivity index (χ2n) is 14.8. The van der Waals surface area contributed by atoms with Gasteiger partial charge in [0.1, 0.15) is 18.2 Å². The van der Waals surface area contributed by atoms with Crippen LogP contribution < -0.4 is 31.3 Å². The molecule has 19 heteroatoms. The van der Waals surface area contributed by atoms with E-state index in [0.29, 0.717) is 54.7 Å². The van der Waals surface area contributed by atoms with E-state index in [0.717, 1.165) is 16.0 Å². The number of aromatic nitrogens is 4. The predicted molar refractivity (Wildman–Crippen MR) is 213 cm³/mol. The lowest BCUT2D eigenvalue weighted by Crippen LogP contribution is -2.47. The van der Waals surface area contributed by atoms with Crippen molar-refractivity contribution in [3.8, 4) is 0 Å². The number of aliphatic hydroxyl groups is 2. The Balaban J connectivity index is 1.08. The van der Waals surface area contributed by atoms with Gasteiger partial charge in [0.05, 0.1) is 23.3 Å². The molecule has 58 heavy (non-hydrogen) atoms. The zero-order valence-corrected chi connectivity index (χ0v) is 32.2. The number of imidazole rings is 1. The molecule has 0 spiro atoms. The van der Waals surface area contributed by atoms with Gasteiger partial charge in [-0.2, -0.15) is 9.97 Å². The molecule has 3 aromatic carbocycles. The summed E-state index contributed by atoms with van der Waals surface area (Å²) in [4.78, 5) is 56.0. The van der Waals surface area contributed by atoms with Crippen LogP contribution in [-0.2, 0) is 14.8 Å². The molecule has 18 nitrogen and oxygen atoms in total. The predicted octanol–water partition coefficient (Wildman–Crippen LogP) is 2.09. The Morgan fingerprint density at radius 2 is 1.60 bits per heavy atom. The van der Waals surface area contributed by atoms with Crippen LogP contribution in [0.4, 0.5) is 27.0 Å². The van der Waals surface area contributed by atoms with Gasteiger partial charge in [-0.1, -0.05) is 60.7 Å². The number of imide groups is 1. The van der Waals surface area contributed by atoms with Crippen LogP contribution in [0.15, 0.2) is 96.2 Å². The number of primary sulfonamides is 1. The van der Waals surface area contributed by atoms with E-state index in [1.165, 1.54) is 30.6 Å². The van der Waals surface area contributed by atoms with E-state index in [9.17, 15) is 33.0 Å². The van der Waals surface area contributed by atoms with Gasteiger partial charge in [-0.15, -0.1) is 0 Å². The molecule has 5 amide bonds. The molecular formula is C39H43N11O7S. The number of fused-ring (bicyclic) bond motifs is 1. The van der Waals surface area contributed by atoms with Gasteiger partial charge >= 0.3 is 12.1 Å². The maximum Gasteiger partial charge on any atom is 0.325 e. The first-order valence-electron chi connectivity index (χ1n) is 18.9. The Kier molecular flexibility index (Phi) is 10.4. The van der Waals surface area contributed by atoms with Crippen LogP contribution in [0, 0.1) is 0 Å². The largest absolute Gasteiger partial charge is 0.388 e. The van der Waals surface area contributed by atoms with Gasteiger partial charge in [-0.3, -0.25) is 9.69 Å². The quantitative estimate of drug-likeness (QED) is 0.0949. The van der Waals surface area contributed by atoms with Crippen molar-refractivity contribution in [3.63, 3.8) is 0 Å². The number of rotatable bonds is 11. The highest BCUT2D eigenvalue weighted by molar-refractivity contribution is 7.89. The maximum atomic E-state index is 13.0. The fourth-order valence-corrected chi connectivity index (χ4v) is 8.52. The zero-order valence-electron chi connectivity index (χ0n) is 31.3. The molecule has 8 N–H and O–H groups in total. The summed E-state index contributed by atoms with van der Waals surface area (Å²) < 4.78 is 24.9. The first-order chi connectivity index (χ1) is 27.9. The van der Waals surface area contributed by atoms with Gasteiger partial charge in [0.25, 0.3) is 5.91 Å². The van der Waals surface area contributed by atoms with Crippen LogP contribution in [0.1, 0.15) is 42.9 Å². The summed E-state index contributed by atoms with van der Waals surface area (Å²) in [6.07, 6.45) is -0.635. The number of nitrogens with zero attached hydrogens (tertiary/aromatic N) is 6. The Hall–Kier alpha value is -6.15. The molecular weight excluding hydrogens is 767 g/mol. The lowest BCUT2D eigenvalue weighted by molar-refractivity contribution is -0.130. The summed E-state index contributed by atoms with van der Waals surface area (Å²) in [6, 6.07) is 21.7. The summed E-state index contributed by atoms with van der Waals surface area (Å²) in [6.45, 7) is 2.84. The first-order valence-corrected chi connectivity index (χ1v) is 20.4. The Morgan fingerprint density at radius 1 is 0.948 bits per heavy atom. The molecule has 2 saturated heterocycles. The number of carbonyl (C=O) groups excluding carboxylic acids is 3. The average molecular weight is 810 g/mol. The minimum absolute atomic E-state index is 0.0570. The van der Waals surface area contributed by atoms with Crippen LogP contribution in [-0.4, -0.2) is 111 Å². The van der Waals surface area contributed by atoms with Gasteiger partial charge < -0.3 is 40.9 Å². The van der Waals surface area contributed by atoms with Crippen molar-refractivity contribution < 1.29 is 33.0 Å². The lowest BCUT2D eigenvalue weighted by atomic mass is 9.91. The number of anilines is 3. The number of urea groups is 2. The SMILES string of the molecule is C[C@@H]1NC(=O)N([C@H]2C[C@@H](n3cnc4c(NCC(c5ccccc5)c5ccccc5)nc(N5CCC(NC(=O)Nc6ccc(S(N)(=O)=O)cc6)C5)nc43)[C@H](O)[C@@H]2O)C1=O. The third kappa shape index (κ3) is 7.63. The smallest absolute Gasteiger partial charge is 0.325 e. The molecule has 1 aliphatic carbocycles. The number of hydrogen-bond acceptors (Lipinski definition) is 12. The highest BCUT2D eigenvalue weighted by atomic mass is 32.2. The van der Waals surface area contributed by atoms with Crippen molar-refractivity contribution in [2.75, 3.05) is 35.2 Å². The number of benzene rings is 3. The second-order valence-corrected chi connectivity index (χ2v) is 16.3. The zero-order chi connectivity index (χ0) is 40.7. The summed E-state index contributed by atoms with van der Waals surface area (Å²) in [7, 11) is -3.88. The highest BCUT2D eigenvalue weighted by Crippen LogP contribution is 2.38. The molecule has 3 aliphatic rings. The fourth-order valence-electron chi connectivity index (χ4n) is 8.01. The normalized spacial score (nSPS) is 23.5. The van der Waals surface area contributed by atoms with Gasteiger partial charge in [0.15, 0.2) is 17.0 Å². The average Bonchev–Trinajstić information content (AvgIpc) is 3.98. The van der Waals surface area contributed by atoms with Crippen LogP contribution in [0.25, 0.3) is 11.2 Å². The van der Waals surface area contributed by atoms with E-state index < -0.39 is 58.3 Å². The first kappa shape index (κ1) is 38.7. The van der Waals surface area contributed by atoms with Gasteiger partial charge in [0, 0.05) is 37.3 Å². The van der Waals surface area contributed by atoms with E-state index in [1.54, 1.807) is 11.5 Å². The summed E-state index contributed by atoms with van der Waals surface area (Å²) in [5, 5.41) is 39.5. The molecule has 3 fully saturated rings. The van der Waals surface area contributed by atoms with Crippen LogP contribution in [0.2, 0.25) is 0 Å². The van der Waals surface area contributed by atoms with E-state index in [1.807, 2.05) is 41.3 Å². The Bertz CT molecular complexity index is 2400. The van der Waals surface area contributed by atoms with Crippen molar-refractivity contribution in [2.24, 2.45) is 5.14 Å². The number of nitrogens with two attached hydrogens (primary N) is 1. The maximum absolute atomic E-state index is 13.0. The van der Waals surface area contributed by atoms with Gasteiger partial charge in [0.2, 0.25) is 16.0 Å². The third-order valence-electron chi connectivity index (χ3n) is 11.0. The number of aliphatic hydroxyl groups excluding tert-OH is 2. The van der Waals surface area contributed by atoms with Crippen molar-refractivity contribution >= 4 is 56.6 Å². The number of hydrogen-bond donors (Lipinski definition) is 7. The molecule has 2 aliphatic heterocycles. The second kappa shape index (κ2) is 15.7. The standard InChI is InChI=1S/C39H43N11O7S/c1-22-36(53)50(39(55)43-22)30-18-29(32(51)33(30)52)49-21-42-31-34(41-19-28(23-8-4-2-5-9-23)24-10-6-3-7-11-24)46-37(47-35(31)49)48-17-16-26(20-48)45-38(54)44-25-12-14-27(15-13-25)58(40,56)57/h2-15,21-22,26,28-30,32-33,51-52H,16-20H2,1H3,(H,43,55)(H2,40,56,57)(H,41,46,47)(H2,44,45,54)/t22-,26?,29+,30-,32-,33+/m0/s1. The molecule has 0 radical (unpaired) electrons. The molecule has 6 atom stereocenters. The molecule has 5 aromatic rings. The molecule has 1 saturated carbocycles. The molecule has 2 aromatic heterocycles. The third-order valence-corrected chi connectivity index (χ3v) is 11.9. The van der Waals surface area contributed by atoms with Crippen molar-refractivity contribution in [2.45, 2.75) is 67.0 Å². The summed E-state index contributed by atoms with van der Waals surface area (Å²) in [5.74, 6) is 0.223. The number of carbonyl (C=O) groups is 3. The summed E-state index contributed by atoms with van der Waals surface area (Å²) in [5.41, 5.74) is 3.34. The van der Waals surface area contributed by atoms with E-state index in [-0.39, 0.29) is 23.3 Å². The topological polar surface area (TPSA) is 250 Å². The van der Waals surface area contributed by atoms with Crippen LogP contribution in [0.3, 0.4) is 0 Å². The van der Waals surface area contributed by atoms with Crippen molar-refractivity contribution in [3.05, 3.63) is 102 Å².